The summed E-state index contributed by atoms with van der Waals surface area (Å²) in [5, 5.41) is 3.47. The van der Waals surface area contributed by atoms with Crippen molar-refractivity contribution in [2.75, 3.05) is 13.2 Å². The van der Waals surface area contributed by atoms with Crippen molar-refractivity contribution in [3.8, 4) is 5.75 Å². The Morgan fingerprint density at radius 3 is 2.33 bits per heavy atom. The van der Waals surface area contributed by atoms with E-state index in [9.17, 15) is 13.2 Å². The SMILES string of the molecule is CCCNS(=O)(=O)c1ccc(OCC(=O)N[C@@H](C)c2ccc(Cl)cc2)cc1. The molecule has 0 aliphatic heterocycles. The molecule has 0 fully saturated rings. The Morgan fingerprint density at radius 1 is 1.11 bits per heavy atom. The number of hydrogen-bond donors (Lipinski definition) is 2. The molecule has 0 heterocycles. The van der Waals surface area contributed by atoms with Gasteiger partial charge < -0.3 is 10.1 Å². The highest BCUT2D eigenvalue weighted by Gasteiger charge is 2.13. The summed E-state index contributed by atoms with van der Waals surface area (Å²) >= 11 is 5.85. The van der Waals surface area contributed by atoms with Gasteiger partial charge in [-0.2, -0.15) is 0 Å². The maximum atomic E-state index is 12.0. The van der Waals surface area contributed by atoms with Crippen LogP contribution in [0.15, 0.2) is 53.4 Å². The first-order chi connectivity index (χ1) is 12.8. The third-order valence-electron chi connectivity index (χ3n) is 3.79. The predicted octanol–water partition coefficient (Wildman–Crippen LogP) is 3.28. The fraction of sp³-hybridized carbons (Fsp3) is 0.316. The summed E-state index contributed by atoms with van der Waals surface area (Å²) < 4.78 is 32.0. The zero-order chi connectivity index (χ0) is 19.9. The Kier molecular flexibility index (Phi) is 7.65. The summed E-state index contributed by atoms with van der Waals surface area (Å²) in [6, 6.07) is 13.0. The first kappa shape index (κ1) is 21.2. The largest absolute Gasteiger partial charge is 0.484 e. The summed E-state index contributed by atoms with van der Waals surface area (Å²) in [5.41, 5.74) is 0.932. The van der Waals surface area contributed by atoms with Gasteiger partial charge in [0, 0.05) is 11.6 Å². The lowest BCUT2D eigenvalue weighted by molar-refractivity contribution is -0.123. The van der Waals surface area contributed by atoms with Crippen LogP contribution in [-0.2, 0) is 14.8 Å². The second kappa shape index (κ2) is 9.73. The Balaban J connectivity index is 1.87. The first-order valence-corrected chi connectivity index (χ1v) is 10.5. The second-order valence-corrected chi connectivity index (χ2v) is 8.20. The lowest BCUT2D eigenvalue weighted by Crippen LogP contribution is -2.31. The van der Waals surface area contributed by atoms with Crippen LogP contribution in [0.5, 0.6) is 5.75 Å². The Bertz CT molecular complexity index is 852. The Hall–Kier alpha value is -2.09. The minimum Gasteiger partial charge on any atom is -0.484 e. The van der Waals surface area contributed by atoms with Gasteiger partial charge >= 0.3 is 0 Å². The number of carbonyl (C=O) groups is 1. The van der Waals surface area contributed by atoms with E-state index >= 15 is 0 Å². The average molecular weight is 411 g/mol. The molecule has 146 valence electrons. The van der Waals surface area contributed by atoms with E-state index in [0.717, 1.165) is 5.56 Å². The van der Waals surface area contributed by atoms with Crippen LogP contribution in [0.25, 0.3) is 0 Å². The van der Waals surface area contributed by atoms with Crippen molar-refractivity contribution in [1.82, 2.24) is 10.0 Å². The standard InChI is InChI=1S/C19H23ClN2O4S/c1-3-12-21-27(24,25)18-10-8-17(9-11-18)26-13-19(23)22-14(2)15-4-6-16(20)7-5-15/h4-11,14,21H,3,12-13H2,1-2H3,(H,22,23)/t14-/m0/s1. The topological polar surface area (TPSA) is 84.5 Å². The van der Waals surface area contributed by atoms with Gasteiger partial charge in [-0.1, -0.05) is 30.7 Å². The molecule has 0 radical (unpaired) electrons. The van der Waals surface area contributed by atoms with E-state index < -0.39 is 10.0 Å². The summed E-state index contributed by atoms with van der Waals surface area (Å²) in [6.07, 6.45) is 0.712. The molecule has 1 amide bonds. The molecule has 0 saturated heterocycles. The number of amides is 1. The van der Waals surface area contributed by atoms with E-state index in [1.807, 2.05) is 26.0 Å². The number of rotatable bonds is 9. The van der Waals surface area contributed by atoms with Crippen molar-refractivity contribution < 1.29 is 17.9 Å². The molecule has 0 bridgehead atoms. The van der Waals surface area contributed by atoms with Gasteiger partial charge in [0.1, 0.15) is 5.75 Å². The fourth-order valence-electron chi connectivity index (χ4n) is 2.30. The lowest BCUT2D eigenvalue weighted by Gasteiger charge is -2.15. The predicted molar refractivity (Wildman–Crippen MR) is 105 cm³/mol. The molecule has 0 spiro atoms. The highest BCUT2D eigenvalue weighted by molar-refractivity contribution is 7.89. The van der Waals surface area contributed by atoms with Crippen LogP contribution < -0.4 is 14.8 Å². The molecule has 8 heteroatoms. The molecular weight excluding hydrogens is 388 g/mol. The third kappa shape index (κ3) is 6.53. The van der Waals surface area contributed by atoms with Crippen molar-refractivity contribution in [3.63, 3.8) is 0 Å². The smallest absolute Gasteiger partial charge is 0.258 e. The van der Waals surface area contributed by atoms with Gasteiger partial charge in [0.25, 0.3) is 5.91 Å². The molecule has 0 aliphatic carbocycles. The van der Waals surface area contributed by atoms with Gasteiger partial charge in [0.15, 0.2) is 6.61 Å². The zero-order valence-corrected chi connectivity index (χ0v) is 16.8. The number of hydrogen-bond acceptors (Lipinski definition) is 4. The van der Waals surface area contributed by atoms with Crippen molar-refractivity contribution in [1.29, 1.82) is 0 Å². The van der Waals surface area contributed by atoms with Gasteiger partial charge in [0.2, 0.25) is 10.0 Å². The molecule has 0 saturated carbocycles. The van der Waals surface area contributed by atoms with E-state index in [2.05, 4.69) is 10.0 Å². The van der Waals surface area contributed by atoms with E-state index in [0.29, 0.717) is 23.7 Å². The molecule has 2 aromatic carbocycles. The molecule has 27 heavy (non-hydrogen) atoms. The van der Waals surface area contributed by atoms with E-state index in [-0.39, 0.29) is 23.5 Å². The van der Waals surface area contributed by atoms with Crippen LogP contribution >= 0.6 is 11.6 Å². The zero-order valence-electron chi connectivity index (χ0n) is 15.2. The second-order valence-electron chi connectivity index (χ2n) is 6.00. The van der Waals surface area contributed by atoms with Crippen LogP contribution in [0, 0.1) is 0 Å². The summed E-state index contributed by atoms with van der Waals surface area (Å²) in [7, 11) is -3.51. The Labute approximate surface area is 164 Å². The van der Waals surface area contributed by atoms with Crippen molar-refractivity contribution in [3.05, 3.63) is 59.1 Å². The van der Waals surface area contributed by atoms with Crippen molar-refractivity contribution in [2.45, 2.75) is 31.2 Å². The number of sulfonamides is 1. The third-order valence-corrected chi connectivity index (χ3v) is 5.52. The molecule has 2 N–H and O–H groups in total. The van der Waals surface area contributed by atoms with Gasteiger partial charge in [-0.25, -0.2) is 13.1 Å². The highest BCUT2D eigenvalue weighted by Crippen LogP contribution is 2.17. The number of carbonyl (C=O) groups excluding carboxylic acids is 1. The monoisotopic (exact) mass is 410 g/mol. The maximum absolute atomic E-state index is 12.0. The van der Waals surface area contributed by atoms with Crippen molar-refractivity contribution in [2.24, 2.45) is 0 Å². The lowest BCUT2D eigenvalue weighted by atomic mass is 10.1. The molecule has 0 unspecified atom stereocenters. The average Bonchev–Trinajstić information content (AvgIpc) is 2.65. The molecule has 0 aliphatic rings. The van der Waals surface area contributed by atoms with Crippen LogP contribution in [0.2, 0.25) is 5.02 Å². The molecular formula is C19H23ClN2O4S. The number of benzene rings is 2. The molecule has 1 atom stereocenters. The van der Waals surface area contributed by atoms with Crippen LogP contribution in [-0.4, -0.2) is 27.5 Å². The summed E-state index contributed by atoms with van der Waals surface area (Å²) in [6.45, 7) is 3.97. The molecule has 6 nitrogen and oxygen atoms in total. The van der Waals surface area contributed by atoms with Crippen molar-refractivity contribution >= 4 is 27.5 Å². The quantitative estimate of drug-likeness (QED) is 0.664. The van der Waals surface area contributed by atoms with Gasteiger partial charge in [-0.15, -0.1) is 0 Å². The van der Waals surface area contributed by atoms with Gasteiger partial charge in [-0.3, -0.25) is 4.79 Å². The summed E-state index contributed by atoms with van der Waals surface area (Å²) in [5.74, 6) is 0.137. The van der Waals surface area contributed by atoms with Crippen LogP contribution in [0.3, 0.4) is 0 Å². The molecule has 0 aromatic heterocycles. The fourth-order valence-corrected chi connectivity index (χ4v) is 3.56. The van der Waals surface area contributed by atoms with E-state index in [1.165, 1.54) is 24.3 Å². The van der Waals surface area contributed by atoms with Gasteiger partial charge in [0.05, 0.1) is 10.9 Å². The molecule has 2 aromatic rings. The van der Waals surface area contributed by atoms with Crippen LogP contribution in [0.4, 0.5) is 0 Å². The normalized spacial score (nSPS) is 12.4. The Morgan fingerprint density at radius 2 is 1.74 bits per heavy atom. The number of ether oxygens (including phenoxy) is 1. The maximum Gasteiger partial charge on any atom is 0.258 e. The minimum absolute atomic E-state index is 0.157. The van der Waals surface area contributed by atoms with Gasteiger partial charge in [-0.05, 0) is 55.3 Å². The number of nitrogens with one attached hydrogen (secondary N) is 2. The van der Waals surface area contributed by atoms with Crippen LogP contribution in [0.1, 0.15) is 31.9 Å². The molecule has 2 rings (SSSR count). The van der Waals surface area contributed by atoms with E-state index in [1.54, 1.807) is 12.1 Å². The highest BCUT2D eigenvalue weighted by atomic mass is 35.5. The number of halogens is 1. The summed E-state index contributed by atoms with van der Waals surface area (Å²) in [4.78, 5) is 12.2. The minimum atomic E-state index is -3.51. The first-order valence-electron chi connectivity index (χ1n) is 8.59. The van der Waals surface area contributed by atoms with E-state index in [4.69, 9.17) is 16.3 Å².